The van der Waals surface area contributed by atoms with Crippen molar-refractivity contribution in [3.63, 3.8) is 0 Å². The van der Waals surface area contributed by atoms with Gasteiger partial charge < -0.3 is 15.4 Å². The fourth-order valence-corrected chi connectivity index (χ4v) is 3.59. The van der Waals surface area contributed by atoms with Crippen LogP contribution in [0.25, 0.3) is 0 Å². The number of benzene rings is 2. The lowest BCUT2D eigenvalue weighted by atomic mass is 10.1. The summed E-state index contributed by atoms with van der Waals surface area (Å²) in [5.41, 5.74) is 3.11. The molecule has 2 aromatic rings. The van der Waals surface area contributed by atoms with Gasteiger partial charge in [-0.1, -0.05) is 24.3 Å². The van der Waals surface area contributed by atoms with Crippen LogP contribution in [0.2, 0.25) is 0 Å². The topological polar surface area (TPSA) is 91.8 Å². The second kappa shape index (κ2) is 10.8. The van der Waals surface area contributed by atoms with Gasteiger partial charge in [-0.05, 0) is 62.2 Å². The van der Waals surface area contributed by atoms with Crippen molar-refractivity contribution < 1.29 is 13.2 Å². The Morgan fingerprint density at radius 3 is 2.59 bits per heavy atom. The number of ether oxygens (including phenoxy) is 1. The first-order valence-corrected chi connectivity index (χ1v) is 11.1. The van der Waals surface area contributed by atoms with E-state index in [1.165, 1.54) is 12.6 Å². The molecule has 0 spiro atoms. The molecule has 0 aliphatic carbocycles. The summed E-state index contributed by atoms with van der Waals surface area (Å²) >= 11 is 0. The highest BCUT2D eigenvalue weighted by Crippen LogP contribution is 2.19. The summed E-state index contributed by atoms with van der Waals surface area (Å²) in [7, 11) is -0.386. The van der Waals surface area contributed by atoms with Crippen molar-refractivity contribution >= 4 is 16.0 Å². The van der Waals surface area contributed by atoms with Crippen molar-refractivity contribution in [3.8, 4) is 5.75 Å². The fraction of sp³-hybridized carbons (Fsp3) is 0.381. The van der Waals surface area contributed by atoms with Gasteiger partial charge in [0.15, 0.2) is 5.96 Å². The summed E-state index contributed by atoms with van der Waals surface area (Å²) in [5.74, 6) is 1.58. The Kier molecular flexibility index (Phi) is 8.48. The molecule has 0 aromatic heterocycles. The zero-order valence-electron chi connectivity index (χ0n) is 17.5. The molecule has 0 aliphatic rings. The number of rotatable bonds is 9. The first-order chi connectivity index (χ1) is 13.9. The molecule has 158 valence electrons. The van der Waals surface area contributed by atoms with Crippen LogP contribution in [0.5, 0.6) is 5.75 Å². The lowest BCUT2D eigenvalue weighted by molar-refractivity contribution is 0.411. The maximum atomic E-state index is 12.0. The van der Waals surface area contributed by atoms with Crippen molar-refractivity contribution in [1.82, 2.24) is 15.4 Å². The molecule has 7 nitrogen and oxygen atoms in total. The van der Waals surface area contributed by atoms with E-state index in [0.29, 0.717) is 19.0 Å². The van der Waals surface area contributed by atoms with Crippen molar-refractivity contribution in [3.05, 3.63) is 59.2 Å². The molecule has 0 bridgehead atoms. The smallest absolute Gasteiger partial charge is 0.240 e. The van der Waals surface area contributed by atoms with Crippen LogP contribution in [0, 0.1) is 6.92 Å². The summed E-state index contributed by atoms with van der Waals surface area (Å²) < 4.78 is 31.6. The van der Waals surface area contributed by atoms with E-state index in [1.54, 1.807) is 25.3 Å². The highest BCUT2D eigenvalue weighted by Gasteiger charge is 2.11. The minimum absolute atomic E-state index is 0.235. The van der Waals surface area contributed by atoms with Gasteiger partial charge in [0.25, 0.3) is 0 Å². The molecule has 0 amide bonds. The molecular formula is C21H30N4O3S. The van der Waals surface area contributed by atoms with E-state index in [0.717, 1.165) is 29.8 Å². The largest absolute Gasteiger partial charge is 0.496 e. The number of guanidine groups is 1. The maximum Gasteiger partial charge on any atom is 0.240 e. The minimum atomic E-state index is -3.46. The van der Waals surface area contributed by atoms with E-state index in [1.807, 2.05) is 19.9 Å². The highest BCUT2D eigenvalue weighted by molar-refractivity contribution is 7.89. The zero-order chi connectivity index (χ0) is 21.3. The Labute approximate surface area is 173 Å². The second-order valence-corrected chi connectivity index (χ2v) is 8.42. The summed E-state index contributed by atoms with van der Waals surface area (Å²) in [6.45, 7) is 5.85. The van der Waals surface area contributed by atoms with Gasteiger partial charge in [-0.3, -0.25) is 0 Å². The van der Waals surface area contributed by atoms with E-state index in [2.05, 4.69) is 38.5 Å². The van der Waals surface area contributed by atoms with Gasteiger partial charge in [0.1, 0.15) is 5.75 Å². The standard InChI is InChI=1S/C21H30N4O3S/c1-5-23-21(24-12-11-17-10-9-16(2)20(14-17)28-4)25-15-18-7-6-8-19(13-18)29(26,27)22-3/h6-10,13-14,22H,5,11-12,15H2,1-4H3,(H2,23,24,25). The van der Waals surface area contributed by atoms with Crippen LogP contribution in [-0.2, 0) is 23.0 Å². The molecule has 0 heterocycles. The normalized spacial score (nSPS) is 11.9. The van der Waals surface area contributed by atoms with Crippen LogP contribution in [0.4, 0.5) is 0 Å². The Morgan fingerprint density at radius 1 is 1.10 bits per heavy atom. The molecule has 0 aliphatic heterocycles. The molecule has 2 aromatic carbocycles. The lowest BCUT2D eigenvalue weighted by Gasteiger charge is -2.12. The Hall–Kier alpha value is -2.58. The molecule has 0 radical (unpaired) electrons. The van der Waals surface area contributed by atoms with Crippen LogP contribution < -0.4 is 20.1 Å². The molecule has 29 heavy (non-hydrogen) atoms. The molecule has 0 fully saturated rings. The third kappa shape index (κ3) is 6.76. The van der Waals surface area contributed by atoms with Gasteiger partial charge in [-0.2, -0.15) is 0 Å². The molecule has 0 saturated carbocycles. The number of aliphatic imine (C=N–C) groups is 1. The quantitative estimate of drug-likeness (QED) is 0.429. The van der Waals surface area contributed by atoms with E-state index < -0.39 is 10.0 Å². The van der Waals surface area contributed by atoms with E-state index in [9.17, 15) is 8.42 Å². The lowest BCUT2D eigenvalue weighted by Crippen LogP contribution is -2.38. The fourth-order valence-electron chi connectivity index (χ4n) is 2.79. The summed E-state index contributed by atoms with van der Waals surface area (Å²) in [5, 5.41) is 6.53. The predicted octanol–water partition coefficient (Wildman–Crippen LogP) is 2.21. The summed E-state index contributed by atoms with van der Waals surface area (Å²) in [6.07, 6.45) is 0.830. The maximum absolute atomic E-state index is 12.0. The average molecular weight is 419 g/mol. The monoisotopic (exact) mass is 418 g/mol. The van der Waals surface area contributed by atoms with Gasteiger partial charge in [0.05, 0.1) is 18.6 Å². The molecule has 2 rings (SSSR count). The van der Waals surface area contributed by atoms with Crippen molar-refractivity contribution in [2.75, 3.05) is 27.2 Å². The second-order valence-electron chi connectivity index (χ2n) is 6.53. The van der Waals surface area contributed by atoms with Crippen LogP contribution in [0.15, 0.2) is 52.4 Å². The van der Waals surface area contributed by atoms with Crippen molar-refractivity contribution in [1.29, 1.82) is 0 Å². The van der Waals surface area contributed by atoms with Crippen LogP contribution in [0.3, 0.4) is 0 Å². The number of sulfonamides is 1. The minimum Gasteiger partial charge on any atom is -0.496 e. The van der Waals surface area contributed by atoms with Crippen LogP contribution in [0.1, 0.15) is 23.6 Å². The van der Waals surface area contributed by atoms with Gasteiger partial charge in [-0.25, -0.2) is 18.1 Å². The first-order valence-electron chi connectivity index (χ1n) is 9.57. The Morgan fingerprint density at radius 2 is 1.90 bits per heavy atom. The Bertz CT molecular complexity index is 943. The average Bonchev–Trinajstić information content (AvgIpc) is 2.73. The molecule has 0 atom stereocenters. The number of aryl methyl sites for hydroxylation is 1. The van der Waals surface area contributed by atoms with E-state index >= 15 is 0 Å². The number of hydrogen-bond donors (Lipinski definition) is 3. The molecular weight excluding hydrogens is 388 g/mol. The summed E-state index contributed by atoms with van der Waals surface area (Å²) in [6, 6.07) is 13.0. The zero-order valence-corrected chi connectivity index (χ0v) is 18.3. The number of hydrogen-bond acceptors (Lipinski definition) is 4. The number of methoxy groups -OCH3 is 1. The Balaban J connectivity index is 2.00. The van der Waals surface area contributed by atoms with Crippen LogP contribution >= 0.6 is 0 Å². The van der Waals surface area contributed by atoms with Gasteiger partial charge >= 0.3 is 0 Å². The third-order valence-corrected chi connectivity index (χ3v) is 5.83. The SMILES string of the molecule is CCNC(=NCc1cccc(S(=O)(=O)NC)c1)NCCc1ccc(C)c(OC)c1. The van der Waals surface area contributed by atoms with Gasteiger partial charge in [-0.15, -0.1) is 0 Å². The predicted molar refractivity (Wildman–Crippen MR) is 117 cm³/mol. The van der Waals surface area contributed by atoms with E-state index in [-0.39, 0.29) is 4.90 Å². The highest BCUT2D eigenvalue weighted by atomic mass is 32.2. The number of nitrogens with zero attached hydrogens (tertiary/aromatic N) is 1. The van der Waals surface area contributed by atoms with Crippen molar-refractivity contribution in [2.24, 2.45) is 4.99 Å². The molecule has 3 N–H and O–H groups in total. The first kappa shape index (κ1) is 22.7. The van der Waals surface area contributed by atoms with Crippen LogP contribution in [-0.4, -0.2) is 41.6 Å². The summed E-state index contributed by atoms with van der Waals surface area (Å²) in [4.78, 5) is 4.80. The van der Waals surface area contributed by atoms with E-state index in [4.69, 9.17) is 4.74 Å². The number of nitrogens with one attached hydrogen (secondary N) is 3. The van der Waals surface area contributed by atoms with Crippen molar-refractivity contribution in [2.45, 2.75) is 31.7 Å². The van der Waals surface area contributed by atoms with Gasteiger partial charge in [0.2, 0.25) is 10.0 Å². The molecule has 0 saturated heterocycles. The molecule has 8 heteroatoms. The van der Waals surface area contributed by atoms with Gasteiger partial charge in [0, 0.05) is 13.1 Å². The molecule has 0 unspecified atom stereocenters. The third-order valence-electron chi connectivity index (χ3n) is 4.42.